The van der Waals surface area contributed by atoms with Gasteiger partial charge in [-0.1, -0.05) is 154 Å². The molecular weight excluding hydrogens is 953 g/mol. The number of fused-ring (bicyclic) bond motifs is 13. The average Bonchev–Trinajstić information content (AvgIpc) is 2.08. The number of ether oxygens (including phenoxy) is 1. The fraction of sp³-hybridized carbons (Fsp3) is 0.0833. The first-order valence-corrected chi connectivity index (χ1v) is 26.3. The summed E-state index contributed by atoms with van der Waals surface area (Å²) in [4.78, 5) is 4.91. The van der Waals surface area contributed by atoms with Crippen LogP contribution in [0.4, 0.5) is 0 Å². The molecule has 1 aliphatic rings. The maximum absolute atomic E-state index is 8.86. The number of pyridine rings is 1. The van der Waals surface area contributed by atoms with Crippen LogP contribution in [0.15, 0.2) is 229 Å². The molecular formula is C72H52N4O2. The topological polar surface area (TPSA) is 49.0 Å². The Hall–Kier alpha value is -9.78. The number of hydrogen-bond acceptors (Lipinski definition) is 3. The van der Waals surface area contributed by atoms with E-state index in [4.69, 9.17) is 22.4 Å². The van der Waals surface area contributed by atoms with Crippen molar-refractivity contribution in [2.75, 3.05) is 0 Å². The fourth-order valence-electron chi connectivity index (χ4n) is 11.9. The molecule has 0 saturated heterocycles. The van der Waals surface area contributed by atoms with Crippen LogP contribution in [-0.4, -0.2) is 14.1 Å². The first kappa shape index (κ1) is 39.6. The highest BCUT2D eigenvalue weighted by molar-refractivity contribution is 6.10. The van der Waals surface area contributed by atoms with Crippen molar-refractivity contribution >= 4 is 54.8 Å². The summed E-state index contributed by atoms with van der Waals surface area (Å²) < 4.78 is 72.9. The Balaban J connectivity index is 0.983. The van der Waals surface area contributed by atoms with Gasteiger partial charge in [0.05, 0.1) is 33.4 Å². The van der Waals surface area contributed by atoms with Crippen LogP contribution in [0, 0.1) is 20.0 Å². The maximum Gasteiger partial charge on any atom is 0.269 e. The molecule has 0 bridgehead atoms. The Labute approximate surface area is 460 Å². The minimum Gasteiger partial charge on any atom is -0.458 e. The van der Waals surface area contributed by atoms with Crippen molar-refractivity contribution in [2.24, 2.45) is 0 Å². The predicted octanol–water partition coefficient (Wildman–Crippen LogP) is 18.5. The summed E-state index contributed by atoms with van der Waals surface area (Å²) in [5.41, 5.74) is 15.4. The van der Waals surface area contributed by atoms with Crippen LogP contribution in [0.5, 0.6) is 11.5 Å². The highest BCUT2D eigenvalue weighted by atomic mass is 16.5. The molecule has 0 atom stereocenters. The Bertz CT molecular complexity index is 5000. The van der Waals surface area contributed by atoms with Crippen molar-refractivity contribution in [1.82, 2.24) is 14.1 Å². The zero-order chi connectivity index (χ0) is 57.4. The molecule has 14 aromatic rings. The van der Waals surface area contributed by atoms with Crippen molar-refractivity contribution in [2.45, 2.75) is 39.9 Å². The van der Waals surface area contributed by atoms with E-state index in [-0.39, 0.29) is 22.1 Å². The number of benzene rings is 10. The van der Waals surface area contributed by atoms with Crippen LogP contribution >= 0.6 is 0 Å². The summed E-state index contributed by atoms with van der Waals surface area (Å²) >= 11 is 0. The van der Waals surface area contributed by atoms with Crippen LogP contribution in [0.3, 0.4) is 0 Å². The van der Waals surface area contributed by atoms with Crippen molar-refractivity contribution in [1.29, 1.82) is 0 Å². The third-order valence-electron chi connectivity index (χ3n) is 15.6. The second-order valence-corrected chi connectivity index (χ2v) is 21.3. The summed E-state index contributed by atoms with van der Waals surface area (Å²) in [6, 6.07) is 72.5. The first-order valence-electron chi connectivity index (χ1n) is 29.3. The number of aryl methyl sites for hydroxylation is 2. The van der Waals surface area contributed by atoms with Gasteiger partial charge in [0.1, 0.15) is 28.5 Å². The number of furan rings is 1. The Morgan fingerprint density at radius 3 is 1.94 bits per heavy atom. The number of para-hydroxylation sites is 3. The van der Waals surface area contributed by atoms with Crippen LogP contribution in [0.2, 0.25) is 0 Å². The standard InChI is InChI=1S/C72H52N4O2/c1-44-17-14-18-45(2)69(44)47-38-60(46-31-34-67-61(37-46)58-26-11-13-30-66(58)78-67)70-62(39-47)55-24-9-7-22-53(55)52-21-6-8-23-54(52)59-27-16-29-64-71(59)75(70)43-74(64)49-19-15-20-50(41-49)77-51-32-33-57-56-25-10-12-28-63(56)76(65(57)42-51)68-40-48(35-36-73-68)72(3,4)5/h6-42H,1-5H3/i1D3,2D3. The van der Waals surface area contributed by atoms with E-state index in [1.54, 1.807) is 0 Å². The quantitative estimate of drug-likeness (QED) is 0.123. The monoisotopic (exact) mass is 1010 g/mol. The smallest absolute Gasteiger partial charge is 0.269 e. The van der Waals surface area contributed by atoms with Crippen LogP contribution in [0.1, 0.15) is 45.7 Å². The van der Waals surface area contributed by atoms with Gasteiger partial charge in [-0.05, 0) is 170 Å². The van der Waals surface area contributed by atoms with Crippen molar-refractivity contribution in [3.8, 4) is 84.3 Å². The number of nitrogens with zero attached hydrogens (tertiary/aromatic N) is 4. The van der Waals surface area contributed by atoms with E-state index in [1.807, 2.05) is 97.2 Å². The number of hydrogen-bond donors (Lipinski definition) is 0. The number of rotatable bonds is 6. The highest BCUT2D eigenvalue weighted by Crippen LogP contribution is 2.48. The van der Waals surface area contributed by atoms with Crippen LogP contribution in [-0.2, 0) is 5.41 Å². The minimum atomic E-state index is -2.66. The largest absolute Gasteiger partial charge is 0.458 e. The van der Waals surface area contributed by atoms with Crippen molar-refractivity contribution in [3.63, 3.8) is 0 Å². The second kappa shape index (κ2) is 17.4. The van der Waals surface area contributed by atoms with E-state index in [9.17, 15) is 0 Å². The number of imidazole rings is 1. The van der Waals surface area contributed by atoms with E-state index in [0.29, 0.717) is 28.2 Å². The molecule has 0 aliphatic carbocycles. The van der Waals surface area contributed by atoms with Gasteiger partial charge in [0.2, 0.25) is 0 Å². The summed E-state index contributed by atoms with van der Waals surface area (Å²) in [5.74, 6) is 2.11. The van der Waals surface area contributed by atoms with Gasteiger partial charge in [-0.25, -0.2) is 4.98 Å². The lowest BCUT2D eigenvalue weighted by Crippen LogP contribution is -2.32. The van der Waals surface area contributed by atoms with Gasteiger partial charge >= 0.3 is 0 Å². The lowest BCUT2D eigenvalue weighted by Gasteiger charge is -2.22. The highest BCUT2D eigenvalue weighted by Gasteiger charge is 2.28. The van der Waals surface area contributed by atoms with E-state index >= 15 is 0 Å². The molecule has 6 nitrogen and oxygen atoms in total. The molecule has 4 aromatic heterocycles. The molecule has 5 heterocycles. The maximum atomic E-state index is 8.86. The SMILES string of the molecule is [2H]C([2H])([2H])c1cccc(C([2H])([2H])[2H])c1-c1cc(-c2ccc3oc4ccccc4c3c2)c2c(c1)-c1ccccc1-c1ccccc1-c1cccc3c1[n+]-2[c-]n3-c1cccc(Oc2ccc3c4ccccc4n(-c4cc(C(C)(C)C)ccn4)c3c2)c1. The molecule has 0 saturated carbocycles. The molecule has 10 aromatic carbocycles. The normalized spacial score (nSPS) is 13.6. The van der Waals surface area contributed by atoms with Gasteiger partial charge in [-0.3, -0.25) is 13.7 Å². The molecule has 0 spiro atoms. The van der Waals surface area contributed by atoms with E-state index < -0.39 is 13.7 Å². The second-order valence-electron chi connectivity index (χ2n) is 21.3. The predicted molar refractivity (Wildman–Crippen MR) is 318 cm³/mol. The van der Waals surface area contributed by atoms with Gasteiger partial charge in [-0.2, -0.15) is 0 Å². The van der Waals surface area contributed by atoms with Gasteiger partial charge in [-0.15, -0.1) is 0 Å². The first-order chi connectivity index (χ1) is 40.5. The molecule has 0 unspecified atom stereocenters. The Morgan fingerprint density at radius 1 is 0.500 bits per heavy atom. The van der Waals surface area contributed by atoms with Gasteiger partial charge < -0.3 is 9.15 Å². The molecule has 0 radical (unpaired) electrons. The molecule has 6 heteroatoms. The summed E-state index contributed by atoms with van der Waals surface area (Å²) in [6.07, 6.45) is 5.79. The summed E-state index contributed by atoms with van der Waals surface area (Å²) in [7, 11) is 0. The van der Waals surface area contributed by atoms with E-state index in [1.165, 1.54) is 23.8 Å². The Kier molecular flexibility index (Phi) is 8.83. The molecule has 0 amide bonds. The zero-order valence-electron chi connectivity index (χ0n) is 49.0. The van der Waals surface area contributed by atoms with Crippen LogP contribution < -0.4 is 9.30 Å². The molecule has 1 aliphatic heterocycles. The summed E-state index contributed by atoms with van der Waals surface area (Å²) in [6.45, 7) is 1.32. The average molecular weight is 1010 g/mol. The van der Waals surface area contributed by atoms with E-state index in [0.717, 1.165) is 105 Å². The zero-order valence-corrected chi connectivity index (χ0v) is 43.0. The minimum absolute atomic E-state index is 0.0505. The molecule has 0 N–H and O–H groups in total. The number of aromatic nitrogens is 4. The molecule has 15 rings (SSSR count). The van der Waals surface area contributed by atoms with Gasteiger partial charge in [0, 0.05) is 42.0 Å². The van der Waals surface area contributed by atoms with Crippen molar-refractivity contribution < 1.29 is 21.9 Å². The molecule has 372 valence electrons. The van der Waals surface area contributed by atoms with Gasteiger partial charge in [0.15, 0.2) is 0 Å². The third kappa shape index (κ3) is 7.17. The fourth-order valence-corrected chi connectivity index (χ4v) is 11.9. The molecule has 0 fully saturated rings. The third-order valence-corrected chi connectivity index (χ3v) is 15.6. The van der Waals surface area contributed by atoms with E-state index in [2.05, 4.69) is 150 Å². The molecule has 78 heavy (non-hydrogen) atoms. The Morgan fingerprint density at radius 2 is 1.14 bits per heavy atom. The van der Waals surface area contributed by atoms with Crippen molar-refractivity contribution in [3.05, 3.63) is 248 Å². The lowest BCUT2D eigenvalue weighted by atomic mass is 9.85. The van der Waals surface area contributed by atoms with Crippen LogP contribution in [0.25, 0.3) is 128 Å². The summed E-state index contributed by atoms with van der Waals surface area (Å²) in [5, 5.41) is 4.04. The van der Waals surface area contributed by atoms with Gasteiger partial charge in [0.25, 0.3) is 6.33 Å². The lowest BCUT2D eigenvalue weighted by molar-refractivity contribution is -0.570.